The van der Waals surface area contributed by atoms with E-state index in [1.54, 1.807) is 0 Å². The van der Waals surface area contributed by atoms with Gasteiger partial charge in [0.15, 0.2) is 0 Å². The van der Waals surface area contributed by atoms with Gasteiger partial charge in [0, 0.05) is 19.5 Å². The van der Waals surface area contributed by atoms with Crippen LogP contribution in [0.25, 0.3) is 0 Å². The van der Waals surface area contributed by atoms with Gasteiger partial charge < -0.3 is 9.64 Å². The number of aryl methyl sites for hydroxylation is 1. The summed E-state index contributed by atoms with van der Waals surface area (Å²) >= 11 is 0. The monoisotopic (exact) mass is 330 g/mol. The standard InChI is InChI=1S/C19H26N2O3/c1-13-7-5-6-8-14(13)17-15-9-10-16(22)20(15)11-12-21(17)18(23)24-19(2,3)4/h5-8,15,17H,9-12H2,1-4H3/t15-,17-/m0/s1. The summed E-state index contributed by atoms with van der Waals surface area (Å²) in [6.07, 6.45) is 1.06. The summed E-state index contributed by atoms with van der Waals surface area (Å²) in [7, 11) is 0. The van der Waals surface area contributed by atoms with Gasteiger partial charge in [0.2, 0.25) is 5.91 Å². The quantitative estimate of drug-likeness (QED) is 0.794. The van der Waals surface area contributed by atoms with E-state index < -0.39 is 5.60 Å². The van der Waals surface area contributed by atoms with Gasteiger partial charge in [-0.05, 0) is 45.2 Å². The molecule has 0 aromatic heterocycles. The Balaban J connectivity index is 1.97. The zero-order valence-corrected chi connectivity index (χ0v) is 14.9. The SMILES string of the molecule is Cc1ccccc1[C@H]1[C@@H]2CCC(=O)N2CCN1C(=O)OC(C)(C)C. The normalized spacial score (nSPS) is 24.1. The Hall–Kier alpha value is -2.04. The summed E-state index contributed by atoms with van der Waals surface area (Å²) in [5, 5.41) is 0. The van der Waals surface area contributed by atoms with Crippen LogP contribution in [0.2, 0.25) is 0 Å². The average Bonchev–Trinajstić information content (AvgIpc) is 2.87. The number of rotatable bonds is 1. The van der Waals surface area contributed by atoms with Crippen LogP contribution in [0.1, 0.15) is 50.8 Å². The van der Waals surface area contributed by atoms with Crippen LogP contribution in [0.4, 0.5) is 4.79 Å². The van der Waals surface area contributed by atoms with E-state index in [1.807, 2.05) is 42.7 Å². The molecule has 3 rings (SSSR count). The molecule has 1 aromatic carbocycles. The zero-order chi connectivity index (χ0) is 17.5. The van der Waals surface area contributed by atoms with Gasteiger partial charge in [0.05, 0.1) is 12.1 Å². The zero-order valence-electron chi connectivity index (χ0n) is 14.9. The molecule has 0 spiro atoms. The molecule has 0 bridgehead atoms. The Morgan fingerprint density at radius 2 is 1.92 bits per heavy atom. The molecular formula is C19H26N2O3. The third-order valence-electron chi connectivity index (χ3n) is 4.79. The predicted octanol–water partition coefficient (Wildman–Crippen LogP) is 3.28. The first-order chi connectivity index (χ1) is 11.3. The molecule has 0 N–H and O–H groups in total. The van der Waals surface area contributed by atoms with E-state index in [0.717, 1.165) is 17.5 Å². The molecule has 0 saturated carbocycles. The Morgan fingerprint density at radius 1 is 1.21 bits per heavy atom. The third kappa shape index (κ3) is 3.12. The van der Waals surface area contributed by atoms with Crippen LogP contribution < -0.4 is 0 Å². The fraction of sp³-hybridized carbons (Fsp3) is 0.579. The van der Waals surface area contributed by atoms with E-state index in [2.05, 4.69) is 19.1 Å². The molecule has 24 heavy (non-hydrogen) atoms. The number of benzene rings is 1. The first-order valence-corrected chi connectivity index (χ1v) is 8.62. The average molecular weight is 330 g/mol. The second-order valence-electron chi connectivity index (χ2n) is 7.67. The van der Waals surface area contributed by atoms with Crippen molar-refractivity contribution in [3.05, 3.63) is 35.4 Å². The summed E-state index contributed by atoms with van der Waals surface area (Å²) in [6, 6.07) is 8.01. The molecule has 0 unspecified atom stereocenters. The largest absolute Gasteiger partial charge is 0.444 e. The summed E-state index contributed by atoms with van der Waals surface area (Å²) in [5.74, 6) is 0.197. The lowest BCUT2D eigenvalue weighted by atomic mass is 9.91. The Bertz CT molecular complexity index is 650. The summed E-state index contributed by atoms with van der Waals surface area (Å²) < 4.78 is 5.63. The second-order valence-corrected chi connectivity index (χ2v) is 7.67. The number of nitrogens with zero attached hydrogens (tertiary/aromatic N) is 2. The minimum absolute atomic E-state index is 0.0415. The van der Waals surface area contributed by atoms with Crippen molar-refractivity contribution in [2.24, 2.45) is 0 Å². The van der Waals surface area contributed by atoms with E-state index in [-0.39, 0.29) is 24.1 Å². The topological polar surface area (TPSA) is 49.9 Å². The van der Waals surface area contributed by atoms with Crippen molar-refractivity contribution in [1.29, 1.82) is 0 Å². The number of fused-ring (bicyclic) bond motifs is 1. The highest BCUT2D eigenvalue weighted by Gasteiger charge is 2.46. The van der Waals surface area contributed by atoms with Gasteiger partial charge >= 0.3 is 6.09 Å². The smallest absolute Gasteiger partial charge is 0.410 e. The lowest BCUT2D eigenvalue weighted by Gasteiger charge is -2.45. The van der Waals surface area contributed by atoms with E-state index in [4.69, 9.17) is 4.74 Å². The molecule has 2 aliphatic heterocycles. The third-order valence-corrected chi connectivity index (χ3v) is 4.79. The molecule has 0 radical (unpaired) electrons. The molecule has 2 atom stereocenters. The minimum atomic E-state index is -0.532. The molecule has 5 nitrogen and oxygen atoms in total. The molecular weight excluding hydrogens is 304 g/mol. The highest BCUT2D eigenvalue weighted by atomic mass is 16.6. The lowest BCUT2D eigenvalue weighted by Crippen LogP contribution is -2.56. The van der Waals surface area contributed by atoms with Crippen LogP contribution in [0.15, 0.2) is 24.3 Å². The Labute approximate surface area is 143 Å². The number of carbonyl (C=O) groups excluding carboxylic acids is 2. The number of amides is 2. The fourth-order valence-electron chi connectivity index (χ4n) is 3.76. The molecule has 2 aliphatic rings. The predicted molar refractivity (Wildman–Crippen MR) is 91.6 cm³/mol. The van der Waals surface area contributed by atoms with Crippen molar-refractivity contribution in [3.8, 4) is 0 Å². The van der Waals surface area contributed by atoms with E-state index in [0.29, 0.717) is 19.5 Å². The minimum Gasteiger partial charge on any atom is -0.444 e. The van der Waals surface area contributed by atoms with E-state index >= 15 is 0 Å². The lowest BCUT2D eigenvalue weighted by molar-refractivity contribution is -0.132. The first-order valence-electron chi connectivity index (χ1n) is 8.62. The summed E-state index contributed by atoms with van der Waals surface area (Å²) in [6.45, 7) is 8.79. The molecule has 1 aromatic rings. The number of ether oxygens (including phenoxy) is 1. The van der Waals surface area contributed by atoms with Crippen LogP contribution >= 0.6 is 0 Å². The number of piperazine rings is 1. The Kier molecular flexibility index (Phi) is 4.28. The summed E-state index contributed by atoms with van der Waals surface area (Å²) in [5.41, 5.74) is 1.71. The van der Waals surface area contributed by atoms with Gasteiger partial charge in [-0.25, -0.2) is 4.79 Å². The Morgan fingerprint density at radius 3 is 2.58 bits per heavy atom. The molecule has 0 aliphatic carbocycles. The maximum atomic E-state index is 12.8. The van der Waals surface area contributed by atoms with Crippen LogP contribution in [0, 0.1) is 6.92 Å². The van der Waals surface area contributed by atoms with Crippen molar-refractivity contribution < 1.29 is 14.3 Å². The van der Waals surface area contributed by atoms with Crippen LogP contribution in [-0.2, 0) is 9.53 Å². The fourth-order valence-corrected chi connectivity index (χ4v) is 3.76. The van der Waals surface area contributed by atoms with Gasteiger partial charge in [-0.2, -0.15) is 0 Å². The first kappa shape index (κ1) is 16.8. The van der Waals surface area contributed by atoms with Crippen molar-refractivity contribution in [2.75, 3.05) is 13.1 Å². The number of hydrogen-bond donors (Lipinski definition) is 0. The number of hydrogen-bond acceptors (Lipinski definition) is 3. The highest BCUT2D eigenvalue weighted by molar-refractivity contribution is 5.80. The maximum absolute atomic E-state index is 12.8. The van der Waals surface area contributed by atoms with Crippen LogP contribution in [0.3, 0.4) is 0 Å². The van der Waals surface area contributed by atoms with E-state index in [9.17, 15) is 9.59 Å². The van der Waals surface area contributed by atoms with E-state index in [1.165, 1.54) is 0 Å². The van der Waals surface area contributed by atoms with Crippen molar-refractivity contribution in [3.63, 3.8) is 0 Å². The maximum Gasteiger partial charge on any atom is 0.410 e. The van der Waals surface area contributed by atoms with Gasteiger partial charge in [-0.15, -0.1) is 0 Å². The van der Waals surface area contributed by atoms with Crippen LogP contribution in [-0.4, -0.2) is 46.5 Å². The van der Waals surface area contributed by atoms with Crippen molar-refractivity contribution in [1.82, 2.24) is 9.80 Å². The molecule has 2 fully saturated rings. The molecule has 2 heterocycles. The molecule has 2 amide bonds. The molecule has 5 heteroatoms. The van der Waals surface area contributed by atoms with Gasteiger partial charge in [0.1, 0.15) is 5.60 Å². The van der Waals surface area contributed by atoms with Gasteiger partial charge in [-0.3, -0.25) is 9.69 Å². The van der Waals surface area contributed by atoms with Gasteiger partial charge in [0.25, 0.3) is 0 Å². The molecule has 2 saturated heterocycles. The number of carbonyl (C=O) groups is 2. The van der Waals surface area contributed by atoms with Crippen LogP contribution in [0.5, 0.6) is 0 Å². The molecule has 130 valence electrons. The summed E-state index contributed by atoms with van der Waals surface area (Å²) in [4.78, 5) is 28.7. The second kappa shape index (κ2) is 6.11. The van der Waals surface area contributed by atoms with Crippen molar-refractivity contribution in [2.45, 2.75) is 58.2 Å². The van der Waals surface area contributed by atoms with Gasteiger partial charge in [-0.1, -0.05) is 24.3 Å². The highest BCUT2D eigenvalue weighted by Crippen LogP contribution is 2.39. The van der Waals surface area contributed by atoms with Crippen molar-refractivity contribution >= 4 is 12.0 Å².